The van der Waals surface area contributed by atoms with Crippen molar-refractivity contribution in [1.82, 2.24) is 14.4 Å². The van der Waals surface area contributed by atoms with Crippen LogP contribution in [0, 0.1) is 0 Å². The Hall–Kier alpha value is -4.50. The summed E-state index contributed by atoms with van der Waals surface area (Å²) < 4.78 is 2.27. The van der Waals surface area contributed by atoms with Crippen molar-refractivity contribution in [2.24, 2.45) is 0 Å². The summed E-state index contributed by atoms with van der Waals surface area (Å²) >= 11 is 0. The van der Waals surface area contributed by atoms with Crippen molar-refractivity contribution in [2.75, 3.05) is 0 Å². The van der Waals surface area contributed by atoms with Gasteiger partial charge in [-0.2, -0.15) is 0 Å². The molecule has 0 aliphatic carbocycles. The zero-order chi connectivity index (χ0) is 21.8. The molecule has 0 atom stereocenters. The predicted octanol–water partition coefficient (Wildman–Crippen LogP) is 7.52. The van der Waals surface area contributed by atoms with Crippen molar-refractivity contribution in [2.45, 2.75) is 0 Å². The Kier molecular flexibility index (Phi) is 3.84. The Balaban J connectivity index is 1.48. The zero-order valence-electron chi connectivity index (χ0n) is 17.8. The third-order valence-corrected chi connectivity index (χ3v) is 6.43. The second-order valence-corrected chi connectivity index (χ2v) is 8.34. The van der Waals surface area contributed by atoms with Gasteiger partial charge in [-0.15, -0.1) is 0 Å². The van der Waals surface area contributed by atoms with Crippen molar-refractivity contribution < 1.29 is 0 Å². The molecule has 0 fully saturated rings. The molecule has 154 valence electrons. The van der Waals surface area contributed by atoms with E-state index in [9.17, 15) is 0 Å². The Morgan fingerprint density at radius 2 is 1.18 bits per heavy atom. The number of rotatable bonds is 2. The number of benzene rings is 4. The number of hydrogen-bond donors (Lipinski definition) is 0. The number of aromatic nitrogens is 3. The van der Waals surface area contributed by atoms with Gasteiger partial charge in [0.2, 0.25) is 0 Å². The van der Waals surface area contributed by atoms with E-state index >= 15 is 0 Å². The molecule has 0 saturated carbocycles. The first-order valence-electron chi connectivity index (χ1n) is 11.1. The third-order valence-electron chi connectivity index (χ3n) is 6.43. The van der Waals surface area contributed by atoms with Gasteiger partial charge in [0.25, 0.3) is 0 Å². The maximum Gasteiger partial charge on any atom is 0.146 e. The maximum absolute atomic E-state index is 5.02. The van der Waals surface area contributed by atoms with Gasteiger partial charge in [0.05, 0.1) is 22.2 Å². The molecule has 4 aromatic carbocycles. The second-order valence-electron chi connectivity index (χ2n) is 8.34. The van der Waals surface area contributed by atoms with E-state index in [-0.39, 0.29) is 0 Å². The highest BCUT2D eigenvalue weighted by Crippen LogP contribution is 2.34. The first-order valence-corrected chi connectivity index (χ1v) is 11.1. The molecule has 0 radical (unpaired) electrons. The van der Waals surface area contributed by atoms with Gasteiger partial charge in [0, 0.05) is 27.9 Å². The highest BCUT2D eigenvalue weighted by atomic mass is 15.0. The van der Waals surface area contributed by atoms with Crippen molar-refractivity contribution in [1.29, 1.82) is 0 Å². The molecule has 0 bridgehead atoms. The van der Waals surface area contributed by atoms with Crippen LogP contribution in [0.1, 0.15) is 0 Å². The highest BCUT2D eigenvalue weighted by molar-refractivity contribution is 6.14. The first kappa shape index (κ1) is 18.1. The summed E-state index contributed by atoms with van der Waals surface area (Å²) in [6.07, 6.45) is 2.00. The summed E-state index contributed by atoms with van der Waals surface area (Å²) in [6.45, 7) is 0. The Morgan fingerprint density at radius 1 is 0.515 bits per heavy atom. The van der Waals surface area contributed by atoms with E-state index < -0.39 is 0 Å². The van der Waals surface area contributed by atoms with Crippen molar-refractivity contribution in [3.8, 4) is 22.4 Å². The Morgan fingerprint density at radius 3 is 2.03 bits per heavy atom. The van der Waals surface area contributed by atoms with Crippen LogP contribution >= 0.6 is 0 Å². The summed E-state index contributed by atoms with van der Waals surface area (Å²) in [5, 5.41) is 3.42. The standard InChI is InChI=1S/C30H19N3/c1-2-8-20(9-3-1)21-14-16-22(17-15-21)27-18-24-25(19-31-27)23-10-4-6-12-28(23)33-29-13-7-5-11-26(29)32-30(24)33/h1-19H. The van der Waals surface area contributed by atoms with Gasteiger partial charge in [-0.1, -0.05) is 84.9 Å². The zero-order valence-corrected chi connectivity index (χ0v) is 17.8. The highest BCUT2D eigenvalue weighted by Gasteiger charge is 2.14. The molecule has 0 unspecified atom stereocenters. The largest absolute Gasteiger partial charge is 0.292 e. The molecule has 33 heavy (non-hydrogen) atoms. The van der Waals surface area contributed by atoms with Crippen molar-refractivity contribution >= 4 is 38.4 Å². The molecule has 7 aromatic rings. The van der Waals surface area contributed by atoms with Crippen LogP contribution in [0.25, 0.3) is 60.7 Å². The topological polar surface area (TPSA) is 30.2 Å². The summed E-state index contributed by atoms with van der Waals surface area (Å²) in [5.41, 5.74) is 8.70. The third kappa shape index (κ3) is 2.76. The molecule has 3 nitrogen and oxygen atoms in total. The van der Waals surface area contributed by atoms with Gasteiger partial charge in [0.15, 0.2) is 0 Å². The van der Waals surface area contributed by atoms with Crippen LogP contribution in [-0.4, -0.2) is 14.4 Å². The molecule has 0 aliphatic heterocycles. The quantitative estimate of drug-likeness (QED) is 0.270. The number of para-hydroxylation sites is 3. The lowest BCUT2D eigenvalue weighted by atomic mass is 10.0. The van der Waals surface area contributed by atoms with Crippen LogP contribution in [0.2, 0.25) is 0 Å². The van der Waals surface area contributed by atoms with E-state index in [4.69, 9.17) is 9.97 Å². The number of hydrogen-bond acceptors (Lipinski definition) is 2. The molecular formula is C30H19N3. The fourth-order valence-electron chi connectivity index (χ4n) is 4.82. The van der Waals surface area contributed by atoms with E-state index in [1.165, 1.54) is 16.5 Å². The SMILES string of the molecule is c1ccc(-c2ccc(-c3cc4c(cn3)c3ccccc3n3c5ccccc5nc43)cc2)cc1. The average molecular weight is 422 g/mol. The molecule has 0 saturated heterocycles. The van der Waals surface area contributed by atoms with Gasteiger partial charge in [0.1, 0.15) is 5.65 Å². The van der Waals surface area contributed by atoms with Crippen LogP contribution in [0.3, 0.4) is 0 Å². The Labute approximate surface area is 190 Å². The summed E-state index contributed by atoms with van der Waals surface area (Å²) in [7, 11) is 0. The van der Waals surface area contributed by atoms with Crippen molar-refractivity contribution in [3.63, 3.8) is 0 Å². The molecule has 3 heteroatoms. The van der Waals surface area contributed by atoms with E-state index in [1.807, 2.05) is 18.3 Å². The number of nitrogens with zero attached hydrogens (tertiary/aromatic N) is 3. The normalized spacial score (nSPS) is 11.6. The summed E-state index contributed by atoms with van der Waals surface area (Å²) in [6, 6.07) is 38.1. The number of imidazole rings is 1. The van der Waals surface area contributed by atoms with Gasteiger partial charge < -0.3 is 0 Å². The van der Waals surface area contributed by atoms with E-state index in [2.05, 4.69) is 101 Å². The molecule has 0 spiro atoms. The average Bonchev–Trinajstić information content (AvgIpc) is 3.29. The smallest absolute Gasteiger partial charge is 0.146 e. The molecule has 7 rings (SSSR count). The van der Waals surface area contributed by atoms with Gasteiger partial charge in [-0.3, -0.25) is 9.38 Å². The van der Waals surface area contributed by atoms with Crippen LogP contribution < -0.4 is 0 Å². The minimum Gasteiger partial charge on any atom is -0.292 e. The molecule has 3 heterocycles. The van der Waals surface area contributed by atoms with E-state index in [0.29, 0.717) is 0 Å². The second kappa shape index (κ2) is 7.01. The van der Waals surface area contributed by atoms with E-state index in [0.717, 1.165) is 44.2 Å². The fourth-order valence-corrected chi connectivity index (χ4v) is 4.82. The van der Waals surface area contributed by atoms with Gasteiger partial charge in [-0.25, -0.2) is 4.98 Å². The van der Waals surface area contributed by atoms with E-state index in [1.54, 1.807) is 0 Å². The molecule has 0 N–H and O–H groups in total. The molecule has 3 aromatic heterocycles. The minimum atomic E-state index is 0.950. The lowest BCUT2D eigenvalue weighted by Gasteiger charge is -2.10. The molecular weight excluding hydrogens is 402 g/mol. The summed E-state index contributed by atoms with van der Waals surface area (Å²) in [5.74, 6) is 0. The van der Waals surface area contributed by atoms with Crippen LogP contribution in [-0.2, 0) is 0 Å². The maximum atomic E-state index is 5.02. The van der Waals surface area contributed by atoms with Crippen LogP contribution in [0.15, 0.2) is 115 Å². The van der Waals surface area contributed by atoms with Gasteiger partial charge in [-0.05, 0) is 35.4 Å². The van der Waals surface area contributed by atoms with Gasteiger partial charge >= 0.3 is 0 Å². The molecule has 0 amide bonds. The molecule has 0 aliphatic rings. The Bertz CT molecular complexity index is 1800. The monoisotopic (exact) mass is 421 g/mol. The first-order chi connectivity index (χ1) is 16.4. The minimum absolute atomic E-state index is 0.950. The predicted molar refractivity (Wildman–Crippen MR) is 136 cm³/mol. The fraction of sp³-hybridized carbons (Fsp3) is 0. The number of pyridine rings is 2. The van der Waals surface area contributed by atoms with Crippen LogP contribution in [0.5, 0.6) is 0 Å². The lowest BCUT2D eigenvalue weighted by Crippen LogP contribution is -1.93. The lowest BCUT2D eigenvalue weighted by molar-refractivity contribution is 1.30. The van der Waals surface area contributed by atoms with Crippen LogP contribution in [0.4, 0.5) is 0 Å². The number of fused-ring (bicyclic) bond motifs is 8. The summed E-state index contributed by atoms with van der Waals surface area (Å²) in [4.78, 5) is 9.87. The van der Waals surface area contributed by atoms with Crippen molar-refractivity contribution in [3.05, 3.63) is 115 Å².